The van der Waals surface area contributed by atoms with Crippen LogP contribution in [0.5, 0.6) is 0 Å². The van der Waals surface area contributed by atoms with Gasteiger partial charge in [-0.05, 0) is 24.1 Å². The number of rotatable bonds is 3. The average molecular weight is 296 g/mol. The van der Waals surface area contributed by atoms with Crippen LogP contribution in [0, 0.1) is 6.92 Å². The van der Waals surface area contributed by atoms with Crippen LogP contribution in [0.4, 0.5) is 13.2 Å². The smallest absolute Gasteiger partial charge is 0.322 e. The molecular weight excluding hydrogens is 281 g/mol. The Kier molecular flexibility index (Phi) is 4.18. The summed E-state index contributed by atoms with van der Waals surface area (Å²) in [5.74, 6) is 0. The number of hydrogen-bond acceptors (Lipinski definition) is 2. The van der Waals surface area contributed by atoms with Crippen LogP contribution in [0.15, 0.2) is 47.4 Å². The molecule has 0 amide bonds. The van der Waals surface area contributed by atoms with Gasteiger partial charge in [0.25, 0.3) is 5.56 Å². The summed E-state index contributed by atoms with van der Waals surface area (Å²) in [6, 6.07) is 8.46. The summed E-state index contributed by atoms with van der Waals surface area (Å²) in [5, 5.41) is 0. The Hall–Kier alpha value is -2.08. The lowest BCUT2D eigenvalue weighted by atomic mass is 10.0. The standard InChI is InChI=1S/C15H15F3N2O/c1-10-4-2-3-5-12(10)13(19)9-20-8-11(15(16,17)18)6-7-14(20)21/h2-8,13H,9,19H2,1H3. The predicted octanol–water partition coefficient (Wildman–Crippen LogP) is 2.88. The summed E-state index contributed by atoms with van der Waals surface area (Å²) in [7, 11) is 0. The third-order valence-electron chi connectivity index (χ3n) is 3.29. The van der Waals surface area contributed by atoms with Crippen LogP contribution in [0.1, 0.15) is 22.7 Å². The van der Waals surface area contributed by atoms with Gasteiger partial charge >= 0.3 is 6.18 Å². The predicted molar refractivity (Wildman–Crippen MR) is 73.8 cm³/mol. The number of aromatic nitrogens is 1. The van der Waals surface area contributed by atoms with Gasteiger partial charge in [-0.25, -0.2) is 0 Å². The zero-order valence-electron chi connectivity index (χ0n) is 11.4. The summed E-state index contributed by atoms with van der Waals surface area (Å²) in [6.45, 7) is 1.86. The quantitative estimate of drug-likeness (QED) is 0.946. The Morgan fingerprint density at radius 1 is 1.19 bits per heavy atom. The summed E-state index contributed by atoms with van der Waals surface area (Å²) in [6.07, 6.45) is -3.68. The largest absolute Gasteiger partial charge is 0.417 e. The Balaban J connectivity index is 2.31. The molecule has 0 aliphatic rings. The zero-order valence-corrected chi connectivity index (χ0v) is 11.4. The molecule has 2 N–H and O–H groups in total. The normalized spacial score (nSPS) is 13.2. The lowest BCUT2D eigenvalue weighted by Gasteiger charge is -2.17. The molecule has 6 heteroatoms. The fourth-order valence-corrected chi connectivity index (χ4v) is 2.15. The maximum absolute atomic E-state index is 12.7. The number of aryl methyl sites for hydroxylation is 1. The van der Waals surface area contributed by atoms with Crippen molar-refractivity contribution in [1.82, 2.24) is 4.57 Å². The molecule has 0 saturated heterocycles. The van der Waals surface area contributed by atoms with Crippen molar-refractivity contribution in [2.75, 3.05) is 0 Å². The maximum atomic E-state index is 12.7. The third-order valence-corrected chi connectivity index (χ3v) is 3.29. The molecule has 0 saturated carbocycles. The molecule has 3 nitrogen and oxygen atoms in total. The molecule has 0 radical (unpaired) electrons. The lowest BCUT2D eigenvalue weighted by molar-refractivity contribution is -0.138. The Bertz CT molecular complexity index is 692. The van der Waals surface area contributed by atoms with Gasteiger partial charge in [0.05, 0.1) is 5.56 Å². The first-order valence-corrected chi connectivity index (χ1v) is 6.38. The molecule has 21 heavy (non-hydrogen) atoms. The first-order valence-electron chi connectivity index (χ1n) is 6.38. The van der Waals surface area contributed by atoms with Crippen molar-refractivity contribution in [1.29, 1.82) is 0 Å². The van der Waals surface area contributed by atoms with Crippen LogP contribution in [-0.4, -0.2) is 4.57 Å². The fraction of sp³-hybridized carbons (Fsp3) is 0.267. The van der Waals surface area contributed by atoms with E-state index in [9.17, 15) is 18.0 Å². The van der Waals surface area contributed by atoms with Crippen molar-refractivity contribution < 1.29 is 13.2 Å². The van der Waals surface area contributed by atoms with Gasteiger partial charge < -0.3 is 10.3 Å². The Morgan fingerprint density at radius 2 is 1.86 bits per heavy atom. The number of nitrogens with zero attached hydrogens (tertiary/aromatic N) is 1. The van der Waals surface area contributed by atoms with Crippen molar-refractivity contribution in [2.45, 2.75) is 25.7 Å². The number of nitrogens with two attached hydrogens (primary N) is 1. The minimum atomic E-state index is -4.48. The molecule has 0 fully saturated rings. The SMILES string of the molecule is Cc1ccccc1C(N)Cn1cc(C(F)(F)F)ccc1=O. The summed E-state index contributed by atoms with van der Waals surface area (Å²) < 4.78 is 39.0. The molecule has 0 bridgehead atoms. The molecule has 0 spiro atoms. The number of benzene rings is 1. The highest BCUT2D eigenvalue weighted by molar-refractivity contribution is 5.28. The molecule has 1 heterocycles. The van der Waals surface area contributed by atoms with E-state index in [1.807, 2.05) is 19.1 Å². The van der Waals surface area contributed by atoms with E-state index in [4.69, 9.17) is 5.73 Å². The van der Waals surface area contributed by atoms with Crippen LogP contribution in [0.25, 0.3) is 0 Å². The molecule has 0 aliphatic heterocycles. The van der Waals surface area contributed by atoms with Crippen molar-refractivity contribution in [3.8, 4) is 0 Å². The molecule has 0 aliphatic carbocycles. The molecule has 1 atom stereocenters. The van der Waals surface area contributed by atoms with Crippen LogP contribution in [0.3, 0.4) is 0 Å². The van der Waals surface area contributed by atoms with Gasteiger partial charge in [-0.1, -0.05) is 24.3 Å². The van der Waals surface area contributed by atoms with Gasteiger partial charge in [-0.3, -0.25) is 4.79 Å². The van der Waals surface area contributed by atoms with Gasteiger partial charge in [0.15, 0.2) is 0 Å². The minimum absolute atomic E-state index is 0.00634. The van der Waals surface area contributed by atoms with E-state index in [1.165, 1.54) is 0 Å². The second kappa shape index (κ2) is 5.73. The third kappa shape index (κ3) is 3.52. The minimum Gasteiger partial charge on any atom is -0.322 e. The van der Waals surface area contributed by atoms with Crippen molar-refractivity contribution in [2.24, 2.45) is 5.73 Å². The van der Waals surface area contributed by atoms with Crippen LogP contribution in [-0.2, 0) is 12.7 Å². The first kappa shape index (κ1) is 15.3. The van der Waals surface area contributed by atoms with Crippen molar-refractivity contribution >= 4 is 0 Å². The lowest BCUT2D eigenvalue weighted by Crippen LogP contribution is -2.27. The number of hydrogen-bond donors (Lipinski definition) is 1. The van der Waals surface area contributed by atoms with E-state index in [0.717, 1.165) is 34.0 Å². The van der Waals surface area contributed by atoms with Gasteiger partial charge in [-0.15, -0.1) is 0 Å². The summed E-state index contributed by atoms with van der Waals surface area (Å²) >= 11 is 0. The molecule has 1 unspecified atom stereocenters. The molecule has 2 rings (SSSR count). The van der Waals surface area contributed by atoms with Gasteiger partial charge in [0, 0.05) is 24.8 Å². The second-order valence-corrected chi connectivity index (χ2v) is 4.87. The van der Waals surface area contributed by atoms with E-state index in [1.54, 1.807) is 12.1 Å². The topological polar surface area (TPSA) is 48.0 Å². The second-order valence-electron chi connectivity index (χ2n) is 4.87. The number of pyridine rings is 1. The van der Waals surface area contributed by atoms with Crippen LogP contribution in [0.2, 0.25) is 0 Å². The summed E-state index contributed by atoms with van der Waals surface area (Å²) in [4.78, 5) is 11.7. The molecular formula is C15H15F3N2O. The van der Waals surface area contributed by atoms with E-state index in [0.29, 0.717) is 0 Å². The average Bonchev–Trinajstić information content (AvgIpc) is 2.40. The van der Waals surface area contributed by atoms with E-state index >= 15 is 0 Å². The monoisotopic (exact) mass is 296 g/mol. The zero-order chi connectivity index (χ0) is 15.6. The van der Waals surface area contributed by atoms with E-state index in [-0.39, 0.29) is 6.54 Å². The maximum Gasteiger partial charge on any atom is 0.417 e. The van der Waals surface area contributed by atoms with Gasteiger partial charge in [0.2, 0.25) is 0 Å². The Morgan fingerprint density at radius 3 is 2.48 bits per heavy atom. The van der Waals surface area contributed by atoms with Crippen LogP contribution < -0.4 is 11.3 Å². The molecule has 2 aromatic rings. The molecule has 1 aromatic carbocycles. The Labute approximate surface area is 119 Å². The van der Waals surface area contributed by atoms with E-state index < -0.39 is 23.3 Å². The first-order chi connectivity index (χ1) is 9.79. The highest BCUT2D eigenvalue weighted by Gasteiger charge is 2.31. The number of halogens is 3. The van der Waals surface area contributed by atoms with E-state index in [2.05, 4.69) is 0 Å². The molecule has 112 valence electrons. The van der Waals surface area contributed by atoms with Crippen molar-refractivity contribution in [3.05, 3.63) is 69.6 Å². The van der Waals surface area contributed by atoms with Crippen LogP contribution >= 0.6 is 0 Å². The van der Waals surface area contributed by atoms with Gasteiger partial charge in [-0.2, -0.15) is 13.2 Å². The summed E-state index contributed by atoms with van der Waals surface area (Å²) in [5.41, 5.74) is 6.39. The highest BCUT2D eigenvalue weighted by atomic mass is 19.4. The highest BCUT2D eigenvalue weighted by Crippen LogP contribution is 2.28. The van der Waals surface area contributed by atoms with Crippen molar-refractivity contribution in [3.63, 3.8) is 0 Å². The molecule has 1 aromatic heterocycles. The fourth-order valence-electron chi connectivity index (χ4n) is 2.15. The van der Waals surface area contributed by atoms with Gasteiger partial charge in [0.1, 0.15) is 0 Å². The number of alkyl halides is 3.